The molecule has 0 aromatic heterocycles. The topological polar surface area (TPSA) is 183 Å². The minimum absolute atomic E-state index is 0.0454. The van der Waals surface area contributed by atoms with Crippen molar-refractivity contribution >= 4 is 40.7 Å². The molecule has 4 aliphatic heterocycles. The summed E-state index contributed by atoms with van der Waals surface area (Å²) in [4.78, 5) is 40.7. The number of halogens is 1. The molecule has 12 rings (SSSR count). The second-order valence-electron chi connectivity index (χ2n) is 26.1. The number of phenols is 1. The third kappa shape index (κ3) is 12.9. The lowest BCUT2D eigenvalue weighted by atomic mass is 9.48. The molecular weight excluding hydrogens is 1170 g/mol. The van der Waals surface area contributed by atoms with Crippen LogP contribution in [0.3, 0.4) is 0 Å². The average Bonchev–Trinajstić information content (AvgIpc) is 2.00. The van der Waals surface area contributed by atoms with E-state index in [9.17, 15) is 29.7 Å². The minimum Gasteiger partial charge on any atom is -0.504 e. The molecule has 2 saturated heterocycles. The van der Waals surface area contributed by atoms with Crippen LogP contribution >= 0.6 is 22.6 Å². The number of rotatable bonds is 28. The van der Waals surface area contributed by atoms with Crippen LogP contribution < -0.4 is 14.2 Å². The first kappa shape index (κ1) is 62.2. The lowest BCUT2D eigenvalue weighted by molar-refractivity contribution is -0.188. The van der Waals surface area contributed by atoms with Gasteiger partial charge in [0.25, 0.3) is 0 Å². The molecule has 10 aliphatic rings. The van der Waals surface area contributed by atoms with Gasteiger partial charge >= 0.3 is 12.3 Å². The molecule has 0 amide bonds. The number of alkyl halides is 1. The molecule has 3 N–H and O–H groups in total. The maximum atomic E-state index is 12.7. The van der Waals surface area contributed by atoms with E-state index in [0.717, 1.165) is 124 Å². The fraction of sp³-hybridized carbons (Fsp3) is 0.746. The first-order chi connectivity index (χ1) is 40.3. The van der Waals surface area contributed by atoms with Crippen LogP contribution in [0.2, 0.25) is 0 Å². The number of phenolic OH excluding ortho intramolecular Hbond substituents is 1. The van der Waals surface area contributed by atoms with Crippen molar-refractivity contribution in [2.45, 2.75) is 253 Å². The van der Waals surface area contributed by atoms with E-state index in [4.69, 9.17) is 28.4 Å². The van der Waals surface area contributed by atoms with Crippen molar-refractivity contribution in [1.82, 2.24) is 9.80 Å². The van der Waals surface area contributed by atoms with Gasteiger partial charge in [0.2, 0.25) is 6.79 Å². The molecular formula is C67H97IN2O13. The average molecular weight is 1270 g/mol. The highest BCUT2D eigenvalue weighted by atomic mass is 127. The Bertz CT molecular complexity index is 2570. The monoisotopic (exact) mass is 1260 g/mol. The molecule has 15 nitrogen and oxygen atoms in total. The Morgan fingerprint density at radius 1 is 0.614 bits per heavy atom. The van der Waals surface area contributed by atoms with Crippen molar-refractivity contribution < 1.29 is 62.9 Å². The fourth-order valence-electron chi connectivity index (χ4n) is 16.2. The Labute approximate surface area is 507 Å². The molecule has 4 bridgehead atoms. The molecule has 6 aliphatic carbocycles. The van der Waals surface area contributed by atoms with Crippen molar-refractivity contribution in [1.29, 1.82) is 0 Å². The molecule has 2 unspecified atom stereocenters. The van der Waals surface area contributed by atoms with E-state index in [2.05, 4.69) is 41.0 Å². The smallest absolute Gasteiger partial charge is 0.504 e. The summed E-state index contributed by atoms with van der Waals surface area (Å²) in [5.41, 5.74) is 2.49. The number of unbranched alkanes of at least 4 members (excludes halogenated alkanes) is 16. The molecule has 83 heavy (non-hydrogen) atoms. The molecule has 0 radical (unpaired) electrons. The Kier molecular flexibility index (Phi) is 20.9. The Morgan fingerprint density at radius 2 is 1.08 bits per heavy atom. The number of ether oxygens (including phenoxy) is 7. The number of nitrogens with zero attached hydrogens (tertiary/aromatic N) is 2. The number of carbonyl (C=O) groups excluding carboxylic acids is 3. The van der Waals surface area contributed by atoms with E-state index in [-0.39, 0.29) is 36.5 Å². The summed E-state index contributed by atoms with van der Waals surface area (Å²) in [7, 11) is 0. The van der Waals surface area contributed by atoms with Gasteiger partial charge in [0.05, 0.1) is 35.2 Å². The SMILES string of the molecule is C=C1CC[C@@]2(O)C3Cc4ccc(OCOC(=O)OCCCCCCCCCCC)c5c4[C@@]2(CCN3CC2CC2)[C@H]1O5.CCCCCCCCCCCOC(=O)OCI.O=C1CC[C@@]2(O)C3Cc4ccc(O)c5c4[C@@]2(CCN3CC2CC2)[C@H]1O5. The van der Waals surface area contributed by atoms with Crippen LogP contribution in [0.25, 0.3) is 0 Å². The maximum Gasteiger partial charge on any atom is 0.511 e. The highest BCUT2D eigenvalue weighted by molar-refractivity contribution is 14.1. The quantitative estimate of drug-likeness (QED) is 0.0183. The van der Waals surface area contributed by atoms with Crippen molar-refractivity contribution in [3.8, 4) is 23.0 Å². The number of aliphatic hydroxyl groups is 2. The number of carbonyl (C=O) groups is 3. The molecule has 8 atom stereocenters. The molecule has 6 fully saturated rings. The fourth-order valence-corrected chi connectivity index (χ4v) is 16.4. The summed E-state index contributed by atoms with van der Waals surface area (Å²) >= 11 is 1.97. The lowest BCUT2D eigenvalue weighted by Crippen LogP contribution is -2.76. The second-order valence-corrected chi connectivity index (χ2v) is 26.7. The Balaban J connectivity index is 0.000000155. The number of ketones is 1. The standard InChI is InChI=1S/C34H49NO6.C20H23NO4.C13H25IO3/c1-3-4-5-6-7-8-9-10-11-20-38-32(36)40-23-39-27-15-14-26-21-28-34(37)17-16-24(2)31-33(34,29(26)30(27)41-31)18-19-35(28)22-25-12-13-25;22-13-4-3-12-9-15-20(24)6-5-14(23)18-19(20,16(12)17(13)25-18)7-8-21(15)10-11-1-2-11;1-2-3-4-5-6-7-8-9-10-11-16-13(15)17-12-14/h14-15,25,28,31,37H,2-13,16-23H2,1H3;3-4,11,15,18,22,24H,1-2,5-10H2;2-12H2,1H3/t28?,31-,33-,34+;15?,18-,19-,20+;/m00./s1. The number of piperidine rings is 2. The van der Waals surface area contributed by atoms with Crippen molar-refractivity contribution in [2.24, 2.45) is 11.8 Å². The summed E-state index contributed by atoms with van der Waals surface area (Å²) in [6, 6.07) is 7.84. The van der Waals surface area contributed by atoms with Gasteiger partial charge < -0.3 is 48.5 Å². The molecule has 460 valence electrons. The number of Topliss-reactive ketones (excluding diaryl/α,β-unsaturated/α-hetero) is 1. The lowest BCUT2D eigenvalue weighted by Gasteiger charge is -2.63. The van der Waals surface area contributed by atoms with Gasteiger partial charge in [0, 0.05) is 42.7 Å². The number of benzene rings is 2. The van der Waals surface area contributed by atoms with Gasteiger partial charge in [-0.2, -0.15) is 0 Å². The van der Waals surface area contributed by atoms with E-state index < -0.39 is 40.4 Å². The van der Waals surface area contributed by atoms with Crippen LogP contribution in [0.5, 0.6) is 23.0 Å². The van der Waals surface area contributed by atoms with E-state index in [0.29, 0.717) is 47.9 Å². The maximum absolute atomic E-state index is 12.7. The zero-order valence-corrected chi connectivity index (χ0v) is 52.2. The molecule has 16 heteroatoms. The van der Waals surface area contributed by atoms with Crippen LogP contribution in [-0.2, 0) is 47.4 Å². The second kappa shape index (κ2) is 27.9. The van der Waals surface area contributed by atoms with Crippen LogP contribution in [-0.4, -0.2) is 130 Å². The first-order valence-corrected chi connectivity index (χ1v) is 34.1. The summed E-state index contributed by atoms with van der Waals surface area (Å²) < 4.78 is 39.0. The molecule has 2 aromatic rings. The minimum atomic E-state index is -0.940. The van der Waals surface area contributed by atoms with Gasteiger partial charge in [-0.15, -0.1) is 0 Å². The van der Waals surface area contributed by atoms with E-state index in [1.54, 1.807) is 6.07 Å². The van der Waals surface area contributed by atoms with E-state index in [1.807, 2.05) is 34.7 Å². The predicted molar refractivity (Wildman–Crippen MR) is 326 cm³/mol. The summed E-state index contributed by atoms with van der Waals surface area (Å²) in [6.07, 6.45) is 30.9. The Hall–Kier alpha value is -3.84. The number of likely N-dealkylation sites (tertiary alicyclic amines) is 2. The summed E-state index contributed by atoms with van der Waals surface area (Å²) in [5, 5.41) is 34.8. The highest BCUT2D eigenvalue weighted by Gasteiger charge is 2.74. The number of hydrogen-bond acceptors (Lipinski definition) is 15. The zero-order chi connectivity index (χ0) is 58.2. The predicted octanol–water partition coefficient (Wildman–Crippen LogP) is 13.4. The zero-order valence-electron chi connectivity index (χ0n) is 50.0. The number of aromatic hydroxyl groups is 1. The van der Waals surface area contributed by atoms with Gasteiger partial charge in [-0.05, 0) is 160 Å². The third-order valence-corrected chi connectivity index (χ3v) is 21.1. The highest BCUT2D eigenvalue weighted by Crippen LogP contribution is 2.67. The van der Waals surface area contributed by atoms with Gasteiger partial charge in [0.1, 0.15) is 10.7 Å². The van der Waals surface area contributed by atoms with Crippen LogP contribution in [0.15, 0.2) is 36.4 Å². The first-order valence-electron chi connectivity index (χ1n) is 32.6. The molecule has 2 aromatic carbocycles. The third-order valence-electron chi connectivity index (χ3n) is 20.8. The van der Waals surface area contributed by atoms with Gasteiger partial charge in [0.15, 0.2) is 34.9 Å². The van der Waals surface area contributed by atoms with Crippen molar-refractivity contribution in [3.63, 3.8) is 0 Å². The summed E-state index contributed by atoms with van der Waals surface area (Å²) in [5.74, 6) is 3.41. The summed E-state index contributed by atoms with van der Waals surface area (Å²) in [6.45, 7) is 13.5. The van der Waals surface area contributed by atoms with Gasteiger partial charge in [-0.1, -0.05) is 135 Å². The largest absolute Gasteiger partial charge is 0.511 e. The van der Waals surface area contributed by atoms with Crippen LogP contribution in [0, 0.1) is 11.8 Å². The van der Waals surface area contributed by atoms with Crippen LogP contribution in [0.4, 0.5) is 9.59 Å². The molecule has 4 saturated carbocycles. The normalized spacial score (nSPS) is 29.2. The van der Waals surface area contributed by atoms with Gasteiger partial charge in [-0.25, -0.2) is 9.59 Å². The number of hydrogen-bond donors (Lipinski definition) is 3. The molecule has 4 heterocycles. The van der Waals surface area contributed by atoms with Crippen LogP contribution in [0.1, 0.15) is 216 Å². The van der Waals surface area contributed by atoms with E-state index >= 15 is 0 Å². The van der Waals surface area contributed by atoms with Gasteiger partial charge in [-0.3, -0.25) is 14.6 Å². The van der Waals surface area contributed by atoms with E-state index in [1.165, 1.54) is 121 Å². The van der Waals surface area contributed by atoms with Crippen molar-refractivity contribution in [2.75, 3.05) is 50.8 Å². The van der Waals surface area contributed by atoms with Crippen molar-refractivity contribution in [3.05, 3.63) is 58.7 Å². The molecule has 2 spiro atoms. The Morgan fingerprint density at radius 3 is 1.61 bits per heavy atom.